The predicted molar refractivity (Wildman–Crippen MR) is 92.0 cm³/mol. The summed E-state index contributed by atoms with van der Waals surface area (Å²) >= 11 is 9.31. The van der Waals surface area contributed by atoms with Gasteiger partial charge in [-0.15, -0.1) is 0 Å². The van der Waals surface area contributed by atoms with Crippen molar-refractivity contribution in [1.29, 1.82) is 0 Å². The standard InChI is InChI=1S/C17H11BrClNO/c18-13-8-12(17(21)15(19)9-13)10-20-16-7-3-5-11-4-1-2-6-14(11)16/h1-10,21H. The summed E-state index contributed by atoms with van der Waals surface area (Å²) in [7, 11) is 0. The van der Waals surface area contributed by atoms with E-state index in [9.17, 15) is 5.11 Å². The number of aromatic hydroxyl groups is 1. The number of hydrogen-bond donors (Lipinski definition) is 1. The van der Waals surface area contributed by atoms with Gasteiger partial charge in [0.2, 0.25) is 0 Å². The summed E-state index contributed by atoms with van der Waals surface area (Å²) in [5, 5.41) is 12.5. The summed E-state index contributed by atoms with van der Waals surface area (Å²) in [5.74, 6) is 0.0313. The number of fused-ring (bicyclic) bond motifs is 1. The van der Waals surface area contributed by atoms with Crippen LogP contribution >= 0.6 is 27.5 Å². The number of hydrogen-bond acceptors (Lipinski definition) is 2. The third-order valence-corrected chi connectivity index (χ3v) is 3.91. The van der Waals surface area contributed by atoms with Gasteiger partial charge in [0, 0.05) is 21.6 Å². The number of halogens is 2. The molecule has 0 aliphatic carbocycles. The molecule has 0 bridgehead atoms. The predicted octanol–water partition coefficient (Wildman–Crippen LogP) is 5.71. The van der Waals surface area contributed by atoms with Gasteiger partial charge in [0.1, 0.15) is 5.75 Å². The van der Waals surface area contributed by atoms with Gasteiger partial charge in [-0.2, -0.15) is 0 Å². The minimum absolute atomic E-state index is 0.0313. The van der Waals surface area contributed by atoms with Crippen molar-refractivity contribution in [3.8, 4) is 5.75 Å². The van der Waals surface area contributed by atoms with E-state index in [2.05, 4.69) is 20.9 Å². The van der Waals surface area contributed by atoms with Gasteiger partial charge in [-0.3, -0.25) is 4.99 Å². The molecule has 21 heavy (non-hydrogen) atoms. The molecule has 0 fully saturated rings. The van der Waals surface area contributed by atoms with E-state index in [1.54, 1.807) is 18.3 Å². The van der Waals surface area contributed by atoms with E-state index < -0.39 is 0 Å². The second-order valence-electron chi connectivity index (χ2n) is 4.58. The molecule has 0 amide bonds. The first kappa shape index (κ1) is 14.1. The number of rotatable bonds is 2. The van der Waals surface area contributed by atoms with E-state index in [0.29, 0.717) is 10.6 Å². The highest BCUT2D eigenvalue weighted by molar-refractivity contribution is 9.10. The summed E-state index contributed by atoms with van der Waals surface area (Å²) in [5.41, 5.74) is 1.42. The molecule has 2 nitrogen and oxygen atoms in total. The minimum atomic E-state index is 0.0313. The van der Waals surface area contributed by atoms with Crippen molar-refractivity contribution >= 4 is 50.2 Å². The Bertz CT molecular complexity index is 840. The molecular weight excluding hydrogens is 350 g/mol. The van der Waals surface area contributed by atoms with Crippen molar-refractivity contribution in [2.75, 3.05) is 0 Å². The average molecular weight is 361 g/mol. The molecule has 0 heterocycles. The quantitative estimate of drug-likeness (QED) is 0.583. The lowest BCUT2D eigenvalue weighted by atomic mass is 10.1. The number of benzene rings is 3. The second kappa shape index (κ2) is 5.88. The van der Waals surface area contributed by atoms with Crippen LogP contribution in [0.2, 0.25) is 5.02 Å². The van der Waals surface area contributed by atoms with E-state index in [4.69, 9.17) is 11.6 Å². The molecule has 0 aromatic heterocycles. The summed E-state index contributed by atoms with van der Waals surface area (Å²) < 4.78 is 0.796. The fourth-order valence-electron chi connectivity index (χ4n) is 2.14. The lowest BCUT2D eigenvalue weighted by Gasteiger charge is -2.04. The highest BCUT2D eigenvalue weighted by Crippen LogP contribution is 2.31. The molecule has 0 unspecified atom stereocenters. The Hall–Kier alpha value is -1.84. The SMILES string of the molecule is Oc1c(Cl)cc(Br)cc1C=Nc1cccc2ccccc12. The molecule has 0 aliphatic rings. The zero-order valence-corrected chi connectivity index (χ0v) is 13.3. The average Bonchev–Trinajstić information content (AvgIpc) is 2.49. The van der Waals surface area contributed by atoms with E-state index >= 15 is 0 Å². The first-order chi connectivity index (χ1) is 10.1. The van der Waals surface area contributed by atoms with Crippen molar-refractivity contribution in [1.82, 2.24) is 0 Å². The van der Waals surface area contributed by atoms with Crippen LogP contribution in [0.4, 0.5) is 5.69 Å². The summed E-state index contributed by atoms with van der Waals surface area (Å²) in [6.45, 7) is 0. The van der Waals surface area contributed by atoms with Crippen LogP contribution in [0, 0.1) is 0 Å². The Balaban J connectivity index is 2.06. The maximum Gasteiger partial charge on any atom is 0.143 e. The maximum absolute atomic E-state index is 9.97. The molecule has 0 radical (unpaired) electrons. The van der Waals surface area contributed by atoms with Crippen molar-refractivity contribution in [2.45, 2.75) is 0 Å². The molecule has 0 spiro atoms. The number of aliphatic imine (C=N–C) groups is 1. The van der Waals surface area contributed by atoms with E-state index in [-0.39, 0.29) is 5.75 Å². The van der Waals surface area contributed by atoms with Crippen LogP contribution in [0.15, 0.2) is 64.1 Å². The van der Waals surface area contributed by atoms with Gasteiger partial charge < -0.3 is 5.11 Å². The summed E-state index contributed by atoms with van der Waals surface area (Å²) in [6.07, 6.45) is 1.62. The maximum atomic E-state index is 9.97. The number of nitrogens with zero attached hydrogens (tertiary/aromatic N) is 1. The molecule has 3 aromatic carbocycles. The normalized spacial score (nSPS) is 11.3. The lowest BCUT2D eigenvalue weighted by molar-refractivity contribution is 0.474. The molecule has 1 N–H and O–H groups in total. The van der Waals surface area contributed by atoms with Crippen molar-refractivity contribution < 1.29 is 5.11 Å². The topological polar surface area (TPSA) is 32.6 Å². The van der Waals surface area contributed by atoms with Crippen LogP contribution in [-0.2, 0) is 0 Å². The zero-order valence-electron chi connectivity index (χ0n) is 10.9. The summed E-state index contributed by atoms with van der Waals surface area (Å²) in [4.78, 5) is 4.48. The van der Waals surface area contributed by atoms with E-state index in [0.717, 1.165) is 20.9 Å². The first-order valence-electron chi connectivity index (χ1n) is 6.35. The number of phenols is 1. The highest BCUT2D eigenvalue weighted by Gasteiger charge is 2.06. The molecule has 0 saturated carbocycles. The third-order valence-electron chi connectivity index (χ3n) is 3.17. The van der Waals surface area contributed by atoms with Crippen molar-refractivity contribution in [2.24, 2.45) is 4.99 Å². The van der Waals surface area contributed by atoms with Crippen LogP contribution in [0.25, 0.3) is 10.8 Å². The molecule has 0 aliphatic heterocycles. The van der Waals surface area contributed by atoms with Crippen LogP contribution in [0.5, 0.6) is 5.75 Å². The van der Waals surface area contributed by atoms with Crippen LogP contribution < -0.4 is 0 Å². The van der Waals surface area contributed by atoms with E-state index in [1.165, 1.54) is 0 Å². The smallest absolute Gasteiger partial charge is 0.143 e. The fourth-order valence-corrected chi connectivity index (χ4v) is 2.98. The molecule has 3 rings (SSSR count). The van der Waals surface area contributed by atoms with Gasteiger partial charge in [-0.1, -0.05) is 63.9 Å². The Labute approximate surface area is 135 Å². The van der Waals surface area contributed by atoms with E-state index in [1.807, 2.05) is 42.5 Å². The zero-order chi connectivity index (χ0) is 14.8. The molecule has 4 heteroatoms. The number of phenolic OH excluding ortho intramolecular Hbond substituents is 1. The minimum Gasteiger partial charge on any atom is -0.506 e. The Morgan fingerprint density at radius 1 is 1.05 bits per heavy atom. The molecule has 104 valence electrons. The van der Waals surface area contributed by atoms with Crippen LogP contribution in [0.3, 0.4) is 0 Å². The van der Waals surface area contributed by atoms with Gasteiger partial charge in [-0.05, 0) is 23.6 Å². The fraction of sp³-hybridized carbons (Fsp3) is 0. The summed E-state index contributed by atoms with van der Waals surface area (Å²) in [6, 6.07) is 17.4. The Morgan fingerprint density at radius 3 is 2.67 bits per heavy atom. The van der Waals surface area contributed by atoms with Gasteiger partial charge in [0.25, 0.3) is 0 Å². The second-order valence-corrected chi connectivity index (χ2v) is 5.90. The monoisotopic (exact) mass is 359 g/mol. The largest absolute Gasteiger partial charge is 0.506 e. The van der Waals surface area contributed by atoms with Gasteiger partial charge in [0.15, 0.2) is 0 Å². The van der Waals surface area contributed by atoms with Gasteiger partial charge in [0.05, 0.1) is 10.7 Å². The van der Waals surface area contributed by atoms with Gasteiger partial charge in [-0.25, -0.2) is 0 Å². The Morgan fingerprint density at radius 2 is 1.81 bits per heavy atom. The Kier molecular flexibility index (Phi) is 3.95. The molecule has 3 aromatic rings. The third kappa shape index (κ3) is 2.94. The molecular formula is C17H11BrClNO. The molecule has 0 atom stereocenters. The molecule has 0 saturated heterocycles. The van der Waals surface area contributed by atoms with Crippen LogP contribution in [0.1, 0.15) is 5.56 Å². The van der Waals surface area contributed by atoms with Gasteiger partial charge >= 0.3 is 0 Å². The van der Waals surface area contributed by atoms with Crippen molar-refractivity contribution in [3.05, 3.63) is 69.7 Å². The van der Waals surface area contributed by atoms with Crippen molar-refractivity contribution in [3.63, 3.8) is 0 Å². The lowest BCUT2D eigenvalue weighted by Crippen LogP contribution is -1.84. The van der Waals surface area contributed by atoms with Crippen LogP contribution in [-0.4, -0.2) is 11.3 Å². The highest BCUT2D eigenvalue weighted by atomic mass is 79.9. The first-order valence-corrected chi connectivity index (χ1v) is 7.52.